The Morgan fingerprint density at radius 3 is 2.57 bits per heavy atom. The molecule has 0 aliphatic carbocycles. The molecule has 0 spiro atoms. The maximum Gasteiger partial charge on any atom is 0.307 e. The van der Waals surface area contributed by atoms with Crippen molar-refractivity contribution < 1.29 is 9.90 Å². The van der Waals surface area contributed by atoms with Gasteiger partial charge in [-0.1, -0.05) is 17.7 Å². The van der Waals surface area contributed by atoms with Gasteiger partial charge in [0.15, 0.2) is 0 Å². The number of aliphatic carboxylic acids is 1. The van der Waals surface area contributed by atoms with E-state index in [9.17, 15) is 4.79 Å². The van der Waals surface area contributed by atoms with E-state index < -0.39 is 5.97 Å². The van der Waals surface area contributed by atoms with Crippen molar-refractivity contribution >= 4 is 17.6 Å². The Hall–Kier alpha value is -0.500. The highest BCUT2D eigenvalue weighted by Gasteiger charge is 1.85. The minimum Gasteiger partial charge on any atom is -0.481 e. The van der Waals surface area contributed by atoms with Crippen LogP contribution in [0.5, 0.6) is 0 Å². The van der Waals surface area contributed by atoms with Crippen LogP contribution in [0, 0.1) is 0 Å². The van der Waals surface area contributed by atoms with Gasteiger partial charge in [-0.3, -0.25) is 4.79 Å². The Kier molecular flexibility index (Phi) is 3.42. The van der Waals surface area contributed by atoms with Gasteiger partial charge in [0.25, 0.3) is 0 Å². The molecule has 0 unspecified atom stereocenters. The molecule has 3 heteroatoms. The molecule has 1 N–H and O–H groups in total. The highest BCUT2D eigenvalue weighted by atomic mass is 35.5. The van der Waals surface area contributed by atoms with Gasteiger partial charge in [0.2, 0.25) is 0 Å². The predicted octanol–water partition coefficient (Wildman–Crippen LogP) is 1.21. The summed E-state index contributed by atoms with van der Waals surface area (Å²) in [6.45, 7) is 0. The van der Waals surface area contributed by atoms with Crippen LogP contribution < -0.4 is 0 Å². The topological polar surface area (TPSA) is 37.3 Å². The van der Waals surface area contributed by atoms with Crippen molar-refractivity contribution in [3.05, 3.63) is 11.6 Å². The standard InChI is InChI=1S/C4H5ClO2/c5-3-1-2-4(6)7/h1,3H,2H2,(H,6,7). The Morgan fingerprint density at radius 1 is 1.86 bits per heavy atom. The summed E-state index contributed by atoms with van der Waals surface area (Å²) < 4.78 is 0. The highest BCUT2D eigenvalue weighted by Crippen LogP contribution is 1.83. The summed E-state index contributed by atoms with van der Waals surface area (Å²) >= 11 is 5.00. The van der Waals surface area contributed by atoms with Crippen LogP contribution in [0.2, 0.25) is 0 Å². The van der Waals surface area contributed by atoms with Crippen molar-refractivity contribution in [2.75, 3.05) is 0 Å². The fraction of sp³-hybridized carbons (Fsp3) is 0.250. The van der Waals surface area contributed by atoms with Gasteiger partial charge in [0.1, 0.15) is 0 Å². The van der Waals surface area contributed by atoms with E-state index in [2.05, 4.69) is 0 Å². The summed E-state index contributed by atoms with van der Waals surface area (Å²) in [4.78, 5) is 9.65. The third-order valence-electron chi connectivity index (χ3n) is 0.382. The average Bonchev–Trinajstić information content (AvgIpc) is 1.61. The van der Waals surface area contributed by atoms with E-state index in [1.165, 1.54) is 11.6 Å². The molecule has 2 nitrogen and oxygen atoms in total. The van der Waals surface area contributed by atoms with Crippen molar-refractivity contribution in [2.24, 2.45) is 0 Å². The van der Waals surface area contributed by atoms with E-state index in [0.717, 1.165) is 0 Å². The number of hydrogen-bond donors (Lipinski definition) is 1. The molecule has 0 aliphatic heterocycles. The number of hydrogen-bond acceptors (Lipinski definition) is 1. The number of carbonyl (C=O) groups is 1. The van der Waals surface area contributed by atoms with Crippen LogP contribution in [0.1, 0.15) is 6.42 Å². The first-order chi connectivity index (χ1) is 3.27. The minimum absolute atomic E-state index is 0.00347. The predicted molar refractivity (Wildman–Crippen MR) is 27.2 cm³/mol. The zero-order chi connectivity index (χ0) is 5.70. The second-order valence-corrected chi connectivity index (χ2v) is 1.21. The molecule has 0 radical (unpaired) electrons. The van der Waals surface area contributed by atoms with E-state index in [4.69, 9.17) is 16.7 Å². The Bertz CT molecular complexity index is 87.7. The second kappa shape index (κ2) is 3.68. The summed E-state index contributed by atoms with van der Waals surface area (Å²) in [6.07, 6.45) is 1.37. The SMILES string of the molecule is O=C(O)CC=CCl. The van der Waals surface area contributed by atoms with Crippen LogP contribution in [0.15, 0.2) is 11.6 Å². The monoisotopic (exact) mass is 120 g/mol. The van der Waals surface area contributed by atoms with Gasteiger partial charge in [-0.05, 0) is 0 Å². The second-order valence-electron chi connectivity index (χ2n) is 0.960. The van der Waals surface area contributed by atoms with Gasteiger partial charge in [-0.15, -0.1) is 0 Å². The highest BCUT2D eigenvalue weighted by molar-refractivity contribution is 6.25. The van der Waals surface area contributed by atoms with Gasteiger partial charge in [0.05, 0.1) is 6.42 Å². The lowest BCUT2D eigenvalue weighted by molar-refractivity contribution is -0.135. The summed E-state index contributed by atoms with van der Waals surface area (Å²) in [7, 11) is 0. The van der Waals surface area contributed by atoms with Crippen LogP contribution >= 0.6 is 11.6 Å². The van der Waals surface area contributed by atoms with Crippen molar-refractivity contribution in [3.8, 4) is 0 Å². The third-order valence-corrected chi connectivity index (χ3v) is 0.560. The number of halogens is 1. The molecular weight excluding hydrogens is 115 g/mol. The molecule has 0 rings (SSSR count). The first-order valence-corrected chi connectivity index (χ1v) is 2.18. The number of carboxylic acid groups (broad SMARTS) is 1. The zero-order valence-electron chi connectivity index (χ0n) is 3.60. The van der Waals surface area contributed by atoms with Crippen molar-refractivity contribution in [2.45, 2.75) is 6.42 Å². The van der Waals surface area contributed by atoms with Crippen LogP contribution in [0.4, 0.5) is 0 Å². The molecule has 0 aromatic carbocycles. The molecule has 0 aliphatic rings. The molecule has 0 saturated heterocycles. The molecule has 0 saturated carbocycles. The normalized spacial score (nSPS) is 9.86. The van der Waals surface area contributed by atoms with Gasteiger partial charge in [-0.25, -0.2) is 0 Å². The van der Waals surface area contributed by atoms with Crippen molar-refractivity contribution in [3.63, 3.8) is 0 Å². The minimum atomic E-state index is -0.864. The lowest BCUT2D eigenvalue weighted by atomic mass is 10.4. The fourth-order valence-corrected chi connectivity index (χ4v) is 0.234. The van der Waals surface area contributed by atoms with Gasteiger partial charge < -0.3 is 5.11 Å². The molecule has 0 bridgehead atoms. The van der Waals surface area contributed by atoms with E-state index in [-0.39, 0.29) is 6.42 Å². The van der Waals surface area contributed by atoms with Crippen LogP contribution in [0.3, 0.4) is 0 Å². The lowest BCUT2D eigenvalue weighted by Crippen LogP contribution is -1.88. The molecule has 0 amide bonds. The molecule has 40 valence electrons. The van der Waals surface area contributed by atoms with E-state index >= 15 is 0 Å². The van der Waals surface area contributed by atoms with E-state index in [1.54, 1.807) is 0 Å². The number of rotatable bonds is 2. The van der Waals surface area contributed by atoms with Crippen LogP contribution in [-0.4, -0.2) is 11.1 Å². The first-order valence-electron chi connectivity index (χ1n) is 1.74. The molecule has 0 atom stereocenters. The zero-order valence-corrected chi connectivity index (χ0v) is 4.35. The van der Waals surface area contributed by atoms with Gasteiger partial charge >= 0.3 is 5.97 Å². The quantitative estimate of drug-likeness (QED) is 0.595. The molecule has 0 aromatic rings. The smallest absolute Gasteiger partial charge is 0.307 e. The number of carboxylic acids is 1. The summed E-state index contributed by atoms with van der Waals surface area (Å²) in [6, 6.07) is 0. The largest absolute Gasteiger partial charge is 0.481 e. The van der Waals surface area contributed by atoms with Gasteiger partial charge in [-0.2, -0.15) is 0 Å². The Labute approximate surface area is 46.4 Å². The summed E-state index contributed by atoms with van der Waals surface area (Å²) in [5.41, 5.74) is 1.19. The Balaban J connectivity index is 3.14. The molecule has 0 fully saturated rings. The third kappa shape index (κ3) is 5.50. The average molecular weight is 121 g/mol. The van der Waals surface area contributed by atoms with Gasteiger partial charge in [0, 0.05) is 5.54 Å². The van der Waals surface area contributed by atoms with Crippen LogP contribution in [0.25, 0.3) is 0 Å². The molecule has 0 aromatic heterocycles. The molecule has 0 heterocycles. The van der Waals surface area contributed by atoms with Crippen LogP contribution in [-0.2, 0) is 4.79 Å². The molecule has 7 heavy (non-hydrogen) atoms. The Morgan fingerprint density at radius 2 is 2.43 bits per heavy atom. The maximum absolute atomic E-state index is 9.65. The fourth-order valence-electron chi connectivity index (χ4n) is 0.145. The lowest BCUT2D eigenvalue weighted by Gasteiger charge is -1.76. The summed E-state index contributed by atoms with van der Waals surface area (Å²) in [5, 5.41) is 7.93. The first kappa shape index (κ1) is 6.50. The van der Waals surface area contributed by atoms with Crippen molar-refractivity contribution in [1.82, 2.24) is 0 Å². The van der Waals surface area contributed by atoms with Crippen molar-refractivity contribution in [1.29, 1.82) is 0 Å². The maximum atomic E-state index is 9.65. The van der Waals surface area contributed by atoms with E-state index in [1.807, 2.05) is 0 Å². The molecular formula is C4H5ClO2. The van der Waals surface area contributed by atoms with E-state index in [0.29, 0.717) is 0 Å². The summed E-state index contributed by atoms with van der Waals surface area (Å²) in [5.74, 6) is -0.864.